The summed E-state index contributed by atoms with van der Waals surface area (Å²) in [4.78, 5) is 10.1. The molecule has 0 bridgehead atoms. The summed E-state index contributed by atoms with van der Waals surface area (Å²) < 4.78 is 21.9. The second kappa shape index (κ2) is 4.17. The lowest BCUT2D eigenvalue weighted by Crippen LogP contribution is -2.12. The highest BCUT2D eigenvalue weighted by atomic mass is 32.2. The molecule has 1 aromatic rings. The normalized spacial score (nSPS) is 11.3. The highest BCUT2D eigenvalue weighted by Crippen LogP contribution is 2.29. The molecule has 0 aliphatic rings. The fourth-order valence-corrected chi connectivity index (χ4v) is 2.07. The van der Waals surface area contributed by atoms with Gasteiger partial charge in [0, 0.05) is 6.07 Å². The molecule has 2 N–H and O–H groups in total. The minimum atomic E-state index is -3.90. The molecule has 0 saturated heterocycles. The van der Waals surface area contributed by atoms with Gasteiger partial charge in [0.2, 0.25) is 10.0 Å². The molecule has 1 aromatic carbocycles. The van der Waals surface area contributed by atoms with E-state index in [0.717, 1.165) is 6.07 Å². The predicted molar refractivity (Wildman–Crippen MR) is 56.3 cm³/mol. The molecule has 82 valence electrons. The van der Waals surface area contributed by atoms with Gasteiger partial charge in [0.25, 0.3) is 5.69 Å². The van der Waals surface area contributed by atoms with E-state index in [2.05, 4.69) is 0 Å². The molecule has 0 aliphatic carbocycles. The molecule has 0 radical (unpaired) electrons. The zero-order valence-corrected chi connectivity index (χ0v) is 9.34. The van der Waals surface area contributed by atoms with Crippen LogP contribution in [-0.4, -0.2) is 19.6 Å². The summed E-state index contributed by atoms with van der Waals surface area (Å²) >= 11 is 1.17. The van der Waals surface area contributed by atoms with Gasteiger partial charge in [-0.3, -0.25) is 10.1 Å². The molecule has 0 aromatic heterocycles. The molecule has 0 amide bonds. The Bertz CT molecular complexity index is 498. The standard InChI is InChI=1S/C7H8N2O4S2/c1-14-7-3-2-5(15(8,12)13)4-6(7)9(10)11/h2-4H,1H3,(H2,8,12,13). The maximum atomic E-state index is 11.0. The number of hydrogen-bond donors (Lipinski definition) is 1. The predicted octanol–water partition coefficient (Wildman–Crippen LogP) is 0.964. The van der Waals surface area contributed by atoms with Gasteiger partial charge in [0.1, 0.15) is 0 Å². The highest BCUT2D eigenvalue weighted by molar-refractivity contribution is 7.98. The molecule has 0 heterocycles. The SMILES string of the molecule is CSc1ccc(S(N)(=O)=O)cc1[N+](=O)[O-]. The number of thioether (sulfide) groups is 1. The lowest BCUT2D eigenvalue weighted by atomic mass is 10.3. The molecule has 0 saturated carbocycles. The summed E-state index contributed by atoms with van der Waals surface area (Å²) in [6.07, 6.45) is 1.67. The monoisotopic (exact) mass is 248 g/mol. The van der Waals surface area contributed by atoms with E-state index in [1.54, 1.807) is 6.26 Å². The van der Waals surface area contributed by atoms with Gasteiger partial charge in [-0.1, -0.05) is 0 Å². The van der Waals surface area contributed by atoms with E-state index in [0.29, 0.717) is 4.90 Å². The van der Waals surface area contributed by atoms with Gasteiger partial charge in [0.05, 0.1) is 14.7 Å². The summed E-state index contributed by atoms with van der Waals surface area (Å²) in [6.45, 7) is 0. The van der Waals surface area contributed by atoms with E-state index in [-0.39, 0.29) is 10.6 Å². The maximum Gasteiger partial charge on any atom is 0.284 e. The van der Waals surface area contributed by atoms with Crippen molar-refractivity contribution >= 4 is 27.5 Å². The first-order valence-corrected chi connectivity index (χ1v) is 6.48. The van der Waals surface area contributed by atoms with Crippen LogP contribution in [0.15, 0.2) is 28.0 Å². The number of benzene rings is 1. The number of nitro groups is 1. The maximum absolute atomic E-state index is 11.0. The summed E-state index contributed by atoms with van der Waals surface area (Å²) in [5, 5.41) is 15.5. The Morgan fingerprint density at radius 1 is 1.47 bits per heavy atom. The number of nitrogens with zero attached hydrogens (tertiary/aromatic N) is 1. The Labute approximate surface area is 90.7 Å². The van der Waals surface area contributed by atoms with E-state index in [1.807, 2.05) is 0 Å². The van der Waals surface area contributed by atoms with E-state index in [4.69, 9.17) is 5.14 Å². The molecule has 1 rings (SSSR count). The van der Waals surface area contributed by atoms with E-state index in [9.17, 15) is 18.5 Å². The van der Waals surface area contributed by atoms with Crippen molar-refractivity contribution in [3.63, 3.8) is 0 Å². The van der Waals surface area contributed by atoms with Gasteiger partial charge >= 0.3 is 0 Å². The van der Waals surface area contributed by atoms with Crippen molar-refractivity contribution in [2.75, 3.05) is 6.26 Å². The van der Waals surface area contributed by atoms with Crippen molar-refractivity contribution < 1.29 is 13.3 Å². The number of nitrogens with two attached hydrogens (primary N) is 1. The Morgan fingerprint density at radius 3 is 2.47 bits per heavy atom. The Kier molecular flexibility index (Phi) is 3.32. The van der Waals surface area contributed by atoms with Gasteiger partial charge in [-0.25, -0.2) is 13.6 Å². The molecule has 0 aliphatic heterocycles. The lowest BCUT2D eigenvalue weighted by molar-refractivity contribution is -0.387. The molecular weight excluding hydrogens is 240 g/mol. The molecule has 0 atom stereocenters. The molecular formula is C7H8N2O4S2. The summed E-state index contributed by atoms with van der Waals surface area (Å²) in [5.74, 6) is 0. The third kappa shape index (κ3) is 2.67. The average Bonchev–Trinajstić information content (AvgIpc) is 2.15. The van der Waals surface area contributed by atoms with Crippen LogP contribution in [0.4, 0.5) is 5.69 Å². The van der Waals surface area contributed by atoms with E-state index >= 15 is 0 Å². The molecule has 15 heavy (non-hydrogen) atoms. The van der Waals surface area contributed by atoms with E-state index < -0.39 is 14.9 Å². The largest absolute Gasteiger partial charge is 0.284 e. The highest BCUT2D eigenvalue weighted by Gasteiger charge is 2.18. The molecule has 0 spiro atoms. The first-order chi connectivity index (χ1) is 6.86. The topological polar surface area (TPSA) is 103 Å². The molecule has 0 fully saturated rings. The fraction of sp³-hybridized carbons (Fsp3) is 0.143. The van der Waals surface area contributed by atoms with Crippen LogP contribution in [0.5, 0.6) is 0 Å². The van der Waals surface area contributed by atoms with Crippen LogP contribution in [0.25, 0.3) is 0 Å². The van der Waals surface area contributed by atoms with Gasteiger partial charge < -0.3 is 0 Å². The van der Waals surface area contributed by atoms with Gasteiger partial charge in [-0.15, -0.1) is 11.8 Å². The Balaban J connectivity index is 3.42. The van der Waals surface area contributed by atoms with Crippen LogP contribution in [0, 0.1) is 10.1 Å². The van der Waals surface area contributed by atoms with Crippen molar-refractivity contribution in [3.05, 3.63) is 28.3 Å². The van der Waals surface area contributed by atoms with Gasteiger partial charge in [0.15, 0.2) is 0 Å². The lowest BCUT2D eigenvalue weighted by Gasteiger charge is -2.01. The van der Waals surface area contributed by atoms with Crippen LogP contribution in [0.2, 0.25) is 0 Å². The van der Waals surface area contributed by atoms with Crippen LogP contribution in [0.1, 0.15) is 0 Å². The zero-order valence-electron chi connectivity index (χ0n) is 7.71. The second-order valence-electron chi connectivity index (χ2n) is 2.64. The van der Waals surface area contributed by atoms with Crippen LogP contribution < -0.4 is 5.14 Å². The first kappa shape index (κ1) is 12.0. The van der Waals surface area contributed by atoms with Gasteiger partial charge in [-0.2, -0.15) is 0 Å². The fourth-order valence-electron chi connectivity index (χ4n) is 0.989. The van der Waals surface area contributed by atoms with Crippen molar-refractivity contribution in [2.45, 2.75) is 9.79 Å². The Morgan fingerprint density at radius 2 is 2.07 bits per heavy atom. The number of nitro benzene ring substituents is 1. The summed E-state index contributed by atoms with van der Waals surface area (Å²) in [7, 11) is -3.90. The number of hydrogen-bond acceptors (Lipinski definition) is 5. The molecule has 8 heteroatoms. The average molecular weight is 248 g/mol. The van der Waals surface area contributed by atoms with Crippen molar-refractivity contribution in [2.24, 2.45) is 5.14 Å². The summed E-state index contributed by atoms with van der Waals surface area (Å²) in [6, 6.07) is 3.57. The zero-order chi connectivity index (χ0) is 11.6. The molecule has 6 nitrogen and oxygen atoms in total. The van der Waals surface area contributed by atoms with Gasteiger partial charge in [-0.05, 0) is 18.4 Å². The first-order valence-electron chi connectivity index (χ1n) is 3.71. The smallest absolute Gasteiger partial charge is 0.258 e. The number of rotatable bonds is 3. The summed E-state index contributed by atoms with van der Waals surface area (Å²) in [5.41, 5.74) is -0.256. The van der Waals surface area contributed by atoms with Crippen molar-refractivity contribution in [1.29, 1.82) is 0 Å². The van der Waals surface area contributed by atoms with Crippen LogP contribution in [-0.2, 0) is 10.0 Å². The number of primary sulfonamides is 1. The third-order valence-electron chi connectivity index (χ3n) is 1.68. The van der Waals surface area contributed by atoms with Crippen LogP contribution >= 0.6 is 11.8 Å². The second-order valence-corrected chi connectivity index (χ2v) is 5.05. The van der Waals surface area contributed by atoms with Crippen molar-refractivity contribution in [3.8, 4) is 0 Å². The molecule has 0 unspecified atom stereocenters. The minimum Gasteiger partial charge on any atom is -0.258 e. The number of sulfonamides is 1. The minimum absolute atomic E-state index is 0.256. The quantitative estimate of drug-likeness (QED) is 0.487. The Hall–Kier alpha value is -1.12. The van der Waals surface area contributed by atoms with E-state index in [1.165, 1.54) is 23.9 Å². The third-order valence-corrected chi connectivity index (χ3v) is 3.37. The van der Waals surface area contributed by atoms with Crippen LogP contribution in [0.3, 0.4) is 0 Å². The van der Waals surface area contributed by atoms with Crippen molar-refractivity contribution in [1.82, 2.24) is 0 Å².